The van der Waals surface area contributed by atoms with Crippen LogP contribution in [0.2, 0.25) is 18.1 Å². The van der Waals surface area contributed by atoms with E-state index in [0.717, 1.165) is 25.1 Å². The van der Waals surface area contributed by atoms with Crippen LogP contribution in [0.4, 0.5) is 0 Å². The van der Waals surface area contributed by atoms with E-state index in [-0.39, 0.29) is 5.04 Å². The molecule has 0 aliphatic rings. The highest BCUT2D eigenvalue weighted by Gasteiger charge is 2.38. The Kier molecular flexibility index (Phi) is 5.62. The summed E-state index contributed by atoms with van der Waals surface area (Å²) in [5.41, 5.74) is 6.88. The van der Waals surface area contributed by atoms with Gasteiger partial charge in [0.05, 0.1) is 0 Å². The molecular formula is C16H29NOSi. The summed E-state index contributed by atoms with van der Waals surface area (Å²) in [7, 11) is -1.71. The van der Waals surface area contributed by atoms with Gasteiger partial charge in [-0.25, -0.2) is 0 Å². The second-order valence-corrected chi connectivity index (χ2v) is 11.5. The van der Waals surface area contributed by atoms with Crippen LogP contribution >= 0.6 is 0 Å². The second kappa shape index (κ2) is 6.57. The lowest BCUT2D eigenvalue weighted by atomic mass is 10.1. The number of hydrogen-bond acceptors (Lipinski definition) is 2. The quantitative estimate of drug-likeness (QED) is 0.620. The maximum atomic E-state index is 6.27. The van der Waals surface area contributed by atoms with Crippen LogP contribution in [0.15, 0.2) is 24.3 Å². The minimum Gasteiger partial charge on any atom is -0.544 e. The number of nitrogens with two attached hydrogens (primary N) is 1. The van der Waals surface area contributed by atoms with Gasteiger partial charge in [0.1, 0.15) is 5.75 Å². The van der Waals surface area contributed by atoms with E-state index in [1.807, 2.05) is 0 Å². The van der Waals surface area contributed by atoms with E-state index >= 15 is 0 Å². The van der Waals surface area contributed by atoms with E-state index in [4.69, 9.17) is 10.2 Å². The van der Waals surface area contributed by atoms with E-state index in [9.17, 15) is 0 Å². The van der Waals surface area contributed by atoms with Crippen LogP contribution in [0.25, 0.3) is 0 Å². The minimum absolute atomic E-state index is 0.243. The summed E-state index contributed by atoms with van der Waals surface area (Å²) >= 11 is 0. The standard InChI is InChI=1S/C16H29NOSi/c1-16(2,3)19(4,5)18-15-11-9-14(10-12-15)8-6-7-13-17/h9-12H,6-8,13,17H2,1-5H3. The fourth-order valence-corrected chi connectivity index (χ4v) is 2.68. The molecule has 1 rings (SSSR count). The molecular weight excluding hydrogens is 250 g/mol. The van der Waals surface area contributed by atoms with Crippen molar-refractivity contribution in [3.63, 3.8) is 0 Å². The zero-order chi connectivity index (χ0) is 14.5. The third-order valence-corrected chi connectivity index (χ3v) is 8.38. The largest absolute Gasteiger partial charge is 0.544 e. The molecule has 3 heteroatoms. The molecule has 0 amide bonds. The molecule has 0 unspecified atom stereocenters. The fourth-order valence-electron chi connectivity index (χ4n) is 1.65. The van der Waals surface area contributed by atoms with Crippen LogP contribution in [0, 0.1) is 0 Å². The van der Waals surface area contributed by atoms with Crippen molar-refractivity contribution in [1.29, 1.82) is 0 Å². The second-order valence-electron chi connectivity index (χ2n) is 6.75. The maximum absolute atomic E-state index is 6.27. The Balaban J connectivity index is 2.62. The zero-order valence-corrected chi connectivity index (χ0v) is 14.1. The molecule has 0 saturated heterocycles. The Labute approximate surface area is 119 Å². The van der Waals surface area contributed by atoms with Crippen LogP contribution in [0.3, 0.4) is 0 Å². The van der Waals surface area contributed by atoms with Gasteiger partial charge >= 0.3 is 0 Å². The summed E-state index contributed by atoms with van der Waals surface area (Å²) in [6.45, 7) is 12.1. The van der Waals surface area contributed by atoms with Crippen molar-refractivity contribution < 1.29 is 4.43 Å². The first-order valence-corrected chi connectivity index (χ1v) is 10.1. The molecule has 0 atom stereocenters. The Morgan fingerprint density at radius 1 is 1.05 bits per heavy atom. The van der Waals surface area contributed by atoms with Gasteiger partial charge < -0.3 is 10.2 Å². The maximum Gasteiger partial charge on any atom is 0.250 e. The van der Waals surface area contributed by atoms with Gasteiger partial charge in [0.15, 0.2) is 0 Å². The van der Waals surface area contributed by atoms with Crippen LogP contribution in [-0.4, -0.2) is 14.9 Å². The first kappa shape index (κ1) is 16.3. The Morgan fingerprint density at radius 2 is 1.63 bits per heavy atom. The number of rotatable bonds is 6. The molecule has 0 spiro atoms. The van der Waals surface area contributed by atoms with Gasteiger partial charge in [-0.3, -0.25) is 0 Å². The van der Waals surface area contributed by atoms with Crippen LogP contribution in [0.1, 0.15) is 39.2 Å². The molecule has 2 nitrogen and oxygen atoms in total. The molecule has 0 fully saturated rings. The van der Waals surface area contributed by atoms with Crippen molar-refractivity contribution in [1.82, 2.24) is 0 Å². The van der Waals surface area contributed by atoms with Crippen molar-refractivity contribution in [2.45, 2.75) is 58.2 Å². The first-order valence-electron chi connectivity index (χ1n) is 7.24. The zero-order valence-electron chi connectivity index (χ0n) is 13.1. The molecule has 0 saturated carbocycles. The highest BCUT2D eigenvalue weighted by Crippen LogP contribution is 2.37. The van der Waals surface area contributed by atoms with Gasteiger partial charge in [-0.15, -0.1) is 0 Å². The number of hydrogen-bond donors (Lipinski definition) is 1. The van der Waals surface area contributed by atoms with Gasteiger partial charge in [0.2, 0.25) is 8.32 Å². The molecule has 0 aliphatic heterocycles. The van der Waals surface area contributed by atoms with E-state index in [0.29, 0.717) is 0 Å². The third-order valence-electron chi connectivity index (χ3n) is 4.02. The van der Waals surface area contributed by atoms with Crippen molar-refractivity contribution in [3.8, 4) is 5.75 Å². The van der Waals surface area contributed by atoms with Gasteiger partial charge in [-0.2, -0.15) is 0 Å². The minimum atomic E-state index is -1.71. The van der Waals surface area contributed by atoms with E-state index in [1.54, 1.807) is 0 Å². The monoisotopic (exact) mass is 279 g/mol. The van der Waals surface area contributed by atoms with Crippen molar-refractivity contribution >= 4 is 8.32 Å². The van der Waals surface area contributed by atoms with E-state index in [1.165, 1.54) is 12.0 Å². The average molecular weight is 279 g/mol. The molecule has 0 heterocycles. The van der Waals surface area contributed by atoms with Gasteiger partial charge in [0, 0.05) is 0 Å². The molecule has 19 heavy (non-hydrogen) atoms. The molecule has 1 aromatic rings. The van der Waals surface area contributed by atoms with Gasteiger partial charge in [0.25, 0.3) is 0 Å². The van der Waals surface area contributed by atoms with Crippen LogP contribution in [-0.2, 0) is 6.42 Å². The Hall–Kier alpha value is -0.803. The predicted octanol–water partition coefficient (Wildman–Crippen LogP) is 4.35. The fraction of sp³-hybridized carbons (Fsp3) is 0.625. The summed E-state index contributed by atoms with van der Waals surface area (Å²) in [4.78, 5) is 0. The molecule has 108 valence electrons. The van der Waals surface area contributed by atoms with Crippen molar-refractivity contribution in [3.05, 3.63) is 29.8 Å². The SMILES string of the molecule is CC(C)(C)[Si](C)(C)Oc1ccc(CCCCN)cc1. The van der Waals surface area contributed by atoms with Crippen LogP contribution < -0.4 is 10.2 Å². The Bertz CT molecular complexity index is 379. The van der Waals surface area contributed by atoms with E-state index in [2.05, 4.69) is 58.1 Å². The summed E-state index contributed by atoms with van der Waals surface area (Å²) in [5, 5.41) is 0.243. The van der Waals surface area contributed by atoms with Gasteiger partial charge in [-0.1, -0.05) is 32.9 Å². The lowest BCUT2D eigenvalue weighted by molar-refractivity contribution is 0.492. The van der Waals surface area contributed by atoms with Crippen LogP contribution in [0.5, 0.6) is 5.75 Å². The van der Waals surface area contributed by atoms with E-state index < -0.39 is 8.32 Å². The Morgan fingerprint density at radius 3 is 2.11 bits per heavy atom. The molecule has 1 aromatic carbocycles. The third kappa shape index (κ3) is 5.00. The molecule has 0 bridgehead atoms. The smallest absolute Gasteiger partial charge is 0.250 e. The number of benzene rings is 1. The molecule has 0 radical (unpaired) electrons. The number of aryl methyl sites for hydroxylation is 1. The lowest BCUT2D eigenvalue weighted by Gasteiger charge is -2.36. The van der Waals surface area contributed by atoms with Gasteiger partial charge in [-0.05, 0) is 61.6 Å². The van der Waals surface area contributed by atoms with Crippen molar-refractivity contribution in [2.24, 2.45) is 5.73 Å². The lowest BCUT2D eigenvalue weighted by Crippen LogP contribution is -2.43. The topological polar surface area (TPSA) is 35.2 Å². The average Bonchev–Trinajstić information content (AvgIpc) is 2.30. The molecule has 0 aliphatic carbocycles. The molecule has 0 aromatic heterocycles. The summed E-state index contributed by atoms with van der Waals surface area (Å²) in [6.07, 6.45) is 3.37. The summed E-state index contributed by atoms with van der Waals surface area (Å²) < 4.78 is 6.27. The predicted molar refractivity (Wildman–Crippen MR) is 86.3 cm³/mol. The first-order chi connectivity index (χ1) is 8.76. The highest BCUT2D eigenvalue weighted by atomic mass is 28.4. The highest BCUT2D eigenvalue weighted by molar-refractivity contribution is 6.74. The van der Waals surface area contributed by atoms with Crippen molar-refractivity contribution in [2.75, 3.05) is 6.54 Å². The summed E-state index contributed by atoms with van der Waals surface area (Å²) in [5.74, 6) is 1.01. The molecule has 2 N–H and O–H groups in total. The number of unbranched alkanes of at least 4 members (excludes halogenated alkanes) is 1. The summed E-state index contributed by atoms with van der Waals surface area (Å²) in [6, 6.07) is 8.58. The normalized spacial score (nSPS) is 12.5.